The van der Waals surface area contributed by atoms with Gasteiger partial charge in [-0.1, -0.05) is 0 Å². The molecule has 140 valence electrons. The first-order valence-electron chi connectivity index (χ1n) is 8.68. The molecule has 0 radical (unpaired) electrons. The van der Waals surface area contributed by atoms with Crippen molar-refractivity contribution in [1.82, 2.24) is 15.0 Å². The second kappa shape index (κ2) is 6.59. The van der Waals surface area contributed by atoms with Gasteiger partial charge in [0.2, 0.25) is 0 Å². The number of esters is 1. The highest BCUT2D eigenvalue weighted by molar-refractivity contribution is 5.88. The number of H-pyrrole nitrogens is 1. The number of carboxylic acids is 1. The van der Waals surface area contributed by atoms with Gasteiger partial charge in [0.1, 0.15) is 23.4 Å². The van der Waals surface area contributed by atoms with E-state index in [9.17, 15) is 14.7 Å². The molecule has 8 nitrogen and oxygen atoms in total. The van der Waals surface area contributed by atoms with Crippen molar-refractivity contribution in [2.75, 3.05) is 18.0 Å². The Hall–Kier alpha value is -2.64. The zero-order valence-electron chi connectivity index (χ0n) is 15.3. The molecule has 0 saturated carbocycles. The maximum atomic E-state index is 12.2. The molecule has 0 atom stereocenters. The number of nitrogens with zero attached hydrogens (tertiary/aromatic N) is 3. The maximum absolute atomic E-state index is 12.2. The molecule has 8 heteroatoms. The van der Waals surface area contributed by atoms with E-state index < -0.39 is 23.0 Å². The first kappa shape index (κ1) is 18.2. The third-order valence-corrected chi connectivity index (χ3v) is 4.71. The summed E-state index contributed by atoms with van der Waals surface area (Å²) < 4.78 is 5.33. The number of nitrogens with one attached hydrogen (secondary N) is 1. The summed E-state index contributed by atoms with van der Waals surface area (Å²) in [7, 11) is 0. The molecule has 0 spiro atoms. The summed E-state index contributed by atoms with van der Waals surface area (Å²) in [5, 5.41) is 10.7. The molecule has 2 aromatic rings. The number of carbonyl (C=O) groups excluding carboxylic acids is 1. The van der Waals surface area contributed by atoms with Crippen LogP contribution in [0.3, 0.4) is 0 Å². The zero-order valence-corrected chi connectivity index (χ0v) is 15.3. The van der Waals surface area contributed by atoms with Crippen LogP contribution < -0.4 is 4.90 Å². The van der Waals surface area contributed by atoms with Crippen LogP contribution in [-0.4, -0.2) is 50.7 Å². The highest BCUT2D eigenvalue weighted by Crippen LogP contribution is 2.38. The normalized spacial score (nSPS) is 17.3. The highest BCUT2D eigenvalue weighted by atomic mass is 16.6. The molecule has 1 fully saturated rings. The molecule has 2 N–H and O–H groups in total. The Morgan fingerprint density at radius 3 is 2.62 bits per heavy atom. The number of anilines is 1. The smallest absolute Gasteiger partial charge is 0.310 e. The third-order valence-electron chi connectivity index (χ3n) is 4.71. The lowest BCUT2D eigenvalue weighted by molar-refractivity contribution is -0.166. The van der Waals surface area contributed by atoms with Crippen molar-refractivity contribution >= 4 is 28.8 Å². The molecule has 1 aliphatic rings. The standard InChI is InChI=1S/C18H24N4O4/c1-17(2,3)26-13(23)10-18(16(24)25)5-8-22(9-6-18)15-12-4-7-19-14(12)20-11-21-15/h4,7,11H,5-6,8-10H2,1-3H3,(H,24,25)(H,19,20,21). The minimum Gasteiger partial charge on any atom is -0.481 e. The minimum atomic E-state index is -1.09. The van der Waals surface area contributed by atoms with Crippen LogP contribution in [0.15, 0.2) is 18.6 Å². The van der Waals surface area contributed by atoms with Gasteiger partial charge >= 0.3 is 11.9 Å². The summed E-state index contributed by atoms with van der Waals surface area (Å²) >= 11 is 0. The van der Waals surface area contributed by atoms with E-state index in [0.717, 1.165) is 16.9 Å². The fourth-order valence-corrected chi connectivity index (χ4v) is 3.38. The number of aromatic amines is 1. The molecule has 0 aliphatic carbocycles. The lowest BCUT2D eigenvalue weighted by atomic mass is 9.75. The predicted molar refractivity (Wildman–Crippen MR) is 95.9 cm³/mol. The van der Waals surface area contributed by atoms with Crippen LogP contribution in [0.25, 0.3) is 11.0 Å². The fraction of sp³-hybridized carbons (Fsp3) is 0.556. The number of piperidine rings is 1. The van der Waals surface area contributed by atoms with Crippen molar-refractivity contribution in [2.24, 2.45) is 5.41 Å². The molecule has 3 rings (SSSR count). The Morgan fingerprint density at radius 1 is 1.31 bits per heavy atom. The van der Waals surface area contributed by atoms with Gasteiger partial charge in [0, 0.05) is 19.3 Å². The van der Waals surface area contributed by atoms with E-state index in [1.54, 1.807) is 27.0 Å². The van der Waals surface area contributed by atoms with Crippen LogP contribution in [0.1, 0.15) is 40.0 Å². The van der Waals surface area contributed by atoms with Crippen molar-refractivity contribution in [3.8, 4) is 0 Å². The van der Waals surface area contributed by atoms with Crippen LogP contribution in [0.4, 0.5) is 5.82 Å². The van der Waals surface area contributed by atoms with E-state index in [0.29, 0.717) is 25.9 Å². The number of aliphatic carboxylic acids is 1. The van der Waals surface area contributed by atoms with Crippen LogP contribution in [0, 0.1) is 5.41 Å². The van der Waals surface area contributed by atoms with E-state index in [1.165, 1.54) is 6.33 Å². The van der Waals surface area contributed by atoms with Crippen LogP contribution in [-0.2, 0) is 14.3 Å². The highest BCUT2D eigenvalue weighted by Gasteiger charge is 2.44. The molecule has 3 heterocycles. The monoisotopic (exact) mass is 360 g/mol. The fourth-order valence-electron chi connectivity index (χ4n) is 3.38. The molecule has 0 bridgehead atoms. The number of ether oxygens (including phenoxy) is 1. The summed E-state index contributed by atoms with van der Waals surface area (Å²) in [5.74, 6) is -0.631. The van der Waals surface area contributed by atoms with E-state index >= 15 is 0 Å². The summed E-state index contributed by atoms with van der Waals surface area (Å²) in [6.07, 6.45) is 3.90. The average molecular weight is 360 g/mol. The quantitative estimate of drug-likeness (QED) is 0.806. The van der Waals surface area contributed by atoms with Crippen molar-refractivity contribution < 1.29 is 19.4 Å². The molecule has 1 saturated heterocycles. The number of hydrogen-bond acceptors (Lipinski definition) is 6. The Balaban J connectivity index is 1.74. The number of aromatic nitrogens is 3. The molecule has 0 unspecified atom stereocenters. The Labute approximate surface area is 151 Å². The summed E-state index contributed by atoms with van der Waals surface area (Å²) in [4.78, 5) is 37.8. The van der Waals surface area contributed by atoms with E-state index in [1.807, 2.05) is 11.0 Å². The summed E-state index contributed by atoms with van der Waals surface area (Å²) in [6, 6.07) is 1.91. The van der Waals surface area contributed by atoms with Gasteiger partial charge in [0.25, 0.3) is 0 Å². The summed E-state index contributed by atoms with van der Waals surface area (Å²) in [5.41, 5.74) is -0.972. The molecular formula is C18H24N4O4. The molecule has 2 aromatic heterocycles. The van der Waals surface area contributed by atoms with Gasteiger partial charge in [-0.25, -0.2) is 9.97 Å². The van der Waals surface area contributed by atoms with E-state index in [-0.39, 0.29) is 6.42 Å². The van der Waals surface area contributed by atoms with Crippen molar-refractivity contribution in [3.05, 3.63) is 18.6 Å². The number of rotatable bonds is 4. The van der Waals surface area contributed by atoms with Gasteiger partial charge in [-0.05, 0) is 39.7 Å². The predicted octanol–water partition coefficient (Wildman–Crippen LogP) is 2.36. The summed E-state index contributed by atoms with van der Waals surface area (Å²) in [6.45, 7) is 6.34. The van der Waals surface area contributed by atoms with Gasteiger partial charge < -0.3 is 19.7 Å². The van der Waals surface area contributed by atoms with Gasteiger partial charge in [-0.2, -0.15) is 0 Å². The molecule has 0 amide bonds. The average Bonchev–Trinajstić information content (AvgIpc) is 3.02. The van der Waals surface area contributed by atoms with Crippen molar-refractivity contribution in [1.29, 1.82) is 0 Å². The van der Waals surface area contributed by atoms with Crippen LogP contribution in [0.2, 0.25) is 0 Å². The van der Waals surface area contributed by atoms with E-state index in [2.05, 4.69) is 15.0 Å². The second-order valence-electron chi connectivity index (χ2n) is 7.77. The molecule has 1 aliphatic heterocycles. The Morgan fingerprint density at radius 2 is 2.00 bits per heavy atom. The van der Waals surface area contributed by atoms with Crippen LogP contribution >= 0.6 is 0 Å². The second-order valence-corrected chi connectivity index (χ2v) is 7.77. The van der Waals surface area contributed by atoms with Gasteiger partial charge in [0.05, 0.1) is 17.2 Å². The Bertz CT molecular complexity index is 816. The molecule has 26 heavy (non-hydrogen) atoms. The maximum Gasteiger partial charge on any atom is 0.310 e. The minimum absolute atomic E-state index is 0.114. The molecule has 0 aromatic carbocycles. The number of hydrogen-bond donors (Lipinski definition) is 2. The van der Waals surface area contributed by atoms with E-state index in [4.69, 9.17) is 4.74 Å². The van der Waals surface area contributed by atoms with Crippen molar-refractivity contribution in [2.45, 2.75) is 45.6 Å². The Kier molecular flexibility index (Phi) is 4.60. The number of carbonyl (C=O) groups is 2. The number of carboxylic acid groups (broad SMARTS) is 1. The van der Waals surface area contributed by atoms with Crippen LogP contribution in [0.5, 0.6) is 0 Å². The van der Waals surface area contributed by atoms with Gasteiger partial charge in [-0.3, -0.25) is 9.59 Å². The topological polar surface area (TPSA) is 108 Å². The SMILES string of the molecule is CC(C)(C)OC(=O)CC1(C(=O)O)CCN(c2ncnc3[nH]ccc23)CC1. The first-order chi connectivity index (χ1) is 12.2. The lowest BCUT2D eigenvalue weighted by Gasteiger charge is -2.39. The zero-order chi connectivity index (χ0) is 18.9. The third kappa shape index (κ3) is 3.63. The van der Waals surface area contributed by atoms with Crippen molar-refractivity contribution in [3.63, 3.8) is 0 Å². The van der Waals surface area contributed by atoms with Gasteiger partial charge in [-0.15, -0.1) is 0 Å². The van der Waals surface area contributed by atoms with Gasteiger partial charge in [0.15, 0.2) is 0 Å². The first-order valence-corrected chi connectivity index (χ1v) is 8.68. The molecular weight excluding hydrogens is 336 g/mol. The number of fused-ring (bicyclic) bond motifs is 1. The largest absolute Gasteiger partial charge is 0.481 e. The lowest BCUT2D eigenvalue weighted by Crippen LogP contribution is -2.46.